The first-order chi connectivity index (χ1) is 24.9. The minimum absolute atomic E-state index is 0. The Morgan fingerprint density at radius 2 is 1.36 bits per heavy atom. The van der Waals surface area contributed by atoms with Crippen molar-refractivity contribution in [3.63, 3.8) is 0 Å². The number of hydrogen-bond donors (Lipinski definition) is 1. The summed E-state index contributed by atoms with van der Waals surface area (Å²) in [6, 6.07) is 35.4. The number of pyridine rings is 2. The standard InChI is InChI=1S/C21H15FN.C15H28O2.C11H8N.Ir/c1-13-9-14(2)11-15(10-13)21-19-12-20(22)18-6-4-3-5-16(18)17(19)7-8-23-21;1-7-14(5,8-2)12(16)11-13(17)15(6,9-3)10-4;1-2-6-10(7-3-1)11-8-4-5-9-12-11;/h3-10,12H,1-2H3;11,16H,7-10H2,1-6H3;1-6,8-9H;/q-1;;-1;/b;12-11-;;. The normalized spacial score (nSPS) is 11.5. The molecule has 0 saturated heterocycles. The van der Waals surface area contributed by atoms with Crippen LogP contribution in [0.4, 0.5) is 4.39 Å². The summed E-state index contributed by atoms with van der Waals surface area (Å²) >= 11 is 0. The van der Waals surface area contributed by atoms with E-state index in [-0.39, 0.29) is 48.3 Å². The second-order valence-corrected chi connectivity index (χ2v) is 13.8. The van der Waals surface area contributed by atoms with E-state index in [1.807, 2.05) is 134 Å². The van der Waals surface area contributed by atoms with Crippen LogP contribution in [-0.4, -0.2) is 20.9 Å². The molecule has 4 aromatic carbocycles. The van der Waals surface area contributed by atoms with Gasteiger partial charge >= 0.3 is 0 Å². The van der Waals surface area contributed by atoms with Crippen molar-refractivity contribution >= 4 is 27.3 Å². The van der Waals surface area contributed by atoms with Crippen LogP contribution in [0.5, 0.6) is 0 Å². The average Bonchev–Trinajstić information content (AvgIpc) is 3.18. The summed E-state index contributed by atoms with van der Waals surface area (Å²) < 4.78 is 14.5. The van der Waals surface area contributed by atoms with E-state index in [2.05, 4.69) is 28.2 Å². The fourth-order valence-electron chi connectivity index (χ4n) is 5.98. The Hall–Kier alpha value is -4.51. The number of aliphatic hydroxyl groups is 1. The van der Waals surface area contributed by atoms with Crippen molar-refractivity contribution in [3.05, 3.63) is 144 Å². The summed E-state index contributed by atoms with van der Waals surface area (Å²) in [5.41, 5.74) is 5.29. The van der Waals surface area contributed by atoms with Crippen LogP contribution in [0, 0.1) is 42.6 Å². The van der Waals surface area contributed by atoms with E-state index in [0.717, 1.165) is 75.5 Å². The number of hydrogen-bond acceptors (Lipinski definition) is 4. The van der Waals surface area contributed by atoms with Gasteiger partial charge in [-0.25, -0.2) is 4.39 Å². The zero-order valence-electron chi connectivity index (χ0n) is 32.2. The first-order valence-electron chi connectivity index (χ1n) is 18.2. The predicted molar refractivity (Wildman–Crippen MR) is 215 cm³/mol. The first kappa shape index (κ1) is 42.9. The molecule has 4 nitrogen and oxygen atoms in total. The smallest absolute Gasteiger partial charge is 0.164 e. The molecule has 2 heterocycles. The van der Waals surface area contributed by atoms with E-state index < -0.39 is 0 Å². The van der Waals surface area contributed by atoms with E-state index in [4.69, 9.17) is 0 Å². The van der Waals surface area contributed by atoms with Gasteiger partial charge in [0.1, 0.15) is 11.6 Å². The number of benzene rings is 4. The van der Waals surface area contributed by atoms with Gasteiger partial charge in [0.15, 0.2) is 5.78 Å². The molecular formula is C47H51FIrN2O2-2. The molecule has 6 rings (SSSR count). The molecule has 0 aliphatic rings. The maximum atomic E-state index is 14.5. The third kappa shape index (κ3) is 10.6. The summed E-state index contributed by atoms with van der Waals surface area (Å²) in [6.45, 7) is 16.1. The number of nitrogens with zero attached hydrogens (tertiary/aromatic N) is 2. The zero-order valence-corrected chi connectivity index (χ0v) is 34.6. The topological polar surface area (TPSA) is 63.1 Å². The molecule has 1 N–H and O–H groups in total. The van der Waals surface area contributed by atoms with Crippen molar-refractivity contribution in [1.82, 2.24) is 9.97 Å². The third-order valence-electron chi connectivity index (χ3n) is 10.4. The molecule has 0 fully saturated rings. The van der Waals surface area contributed by atoms with Crippen LogP contribution >= 0.6 is 0 Å². The van der Waals surface area contributed by atoms with Gasteiger partial charge in [-0.3, -0.25) is 4.79 Å². The number of allylic oxidation sites excluding steroid dienone is 2. The molecule has 2 aromatic heterocycles. The van der Waals surface area contributed by atoms with Crippen molar-refractivity contribution in [2.45, 2.75) is 81.1 Å². The van der Waals surface area contributed by atoms with Crippen LogP contribution < -0.4 is 0 Å². The van der Waals surface area contributed by atoms with Gasteiger partial charge in [-0.2, -0.15) is 0 Å². The van der Waals surface area contributed by atoms with Crippen LogP contribution in [0.1, 0.15) is 78.4 Å². The number of ketones is 1. The van der Waals surface area contributed by atoms with E-state index in [0.29, 0.717) is 5.39 Å². The SMILES string of the molecule is CCC(C)(CC)C(=O)/C=C(\O)C(C)(CC)CC.Cc1[c-]c(-c2nccc3c2cc(F)c2ccccc23)cc(C)c1.[Ir].[c-]1ccccc1-c1ccccn1. The Kier molecular flexibility index (Phi) is 15.8. The monoisotopic (exact) mass is 887 g/mol. The molecule has 0 unspecified atom stereocenters. The number of fused-ring (bicyclic) bond motifs is 3. The summed E-state index contributed by atoms with van der Waals surface area (Å²) in [4.78, 5) is 20.9. The Balaban J connectivity index is 0.000000224. The van der Waals surface area contributed by atoms with Crippen LogP contribution in [0.2, 0.25) is 0 Å². The van der Waals surface area contributed by atoms with E-state index >= 15 is 0 Å². The molecule has 0 aliphatic carbocycles. The van der Waals surface area contributed by atoms with Crippen molar-refractivity contribution in [1.29, 1.82) is 0 Å². The molecule has 6 aromatic rings. The number of rotatable bonds is 9. The van der Waals surface area contributed by atoms with Crippen molar-refractivity contribution in [2.75, 3.05) is 0 Å². The Bertz CT molecular complexity index is 2060. The fraction of sp³-hybridized carbons (Fsp3) is 0.298. The summed E-state index contributed by atoms with van der Waals surface area (Å²) in [6.07, 6.45) is 8.33. The molecule has 0 saturated carbocycles. The molecule has 0 atom stereocenters. The molecule has 0 spiro atoms. The quantitative estimate of drug-likeness (QED) is 0.0680. The van der Waals surface area contributed by atoms with Crippen LogP contribution in [0.3, 0.4) is 0 Å². The Morgan fingerprint density at radius 1 is 0.736 bits per heavy atom. The number of carbonyl (C=O) groups is 1. The van der Waals surface area contributed by atoms with E-state index in [1.54, 1.807) is 18.5 Å². The van der Waals surface area contributed by atoms with Gasteiger partial charge in [0.2, 0.25) is 0 Å². The molecule has 6 heteroatoms. The molecule has 0 amide bonds. The second kappa shape index (κ2) is 19.5. The van der Waals surface area contributed by atoms with Crippen molar-refractivity contribution < 1.29 is 34.4 Å². The minimum atomic E-state index is -0.337. The number of aromatic nitrogens is 2. The van der Waals surface area contributed by atoms with Gasteiger partial charge < -0.3 is 15.1 Å². The van der Waals surface area contributed by atoms with Gasteiger partial charge in [-0.05, 0) is 71.4 Å². The van der Waals surface area contributed by atoms with Crippen LogP contribution in [0.15, 0.2) is 115 Å². The predicted octanol–water partition coefficient (Wildman–Crippen LogP) is 12.8. The number of aliphatic hydroxyl groups excluding tert-OH is 1. The maximum absolute atomic E-state index is 14.5. The van der Waals surface area contributed by atoms with Gasteiger partial charge in [0.05, 0.1) is 0 Å². The minimum Gasteiger partial charge on any atom is -0.512 e. The molecule has 1 radical (unpaired) electrons. The summed E-state index contributed by atoms with van der Waals surface area (Å²) in [5, 5.41) is 13.5. The second-order valence-electron chi connectivity index (χ2n) is 13.8. The molecule has 53 heavy (non-hydrogen) atoms. The third-order valence-corrected chi connectivity index (χ3v) is 10.4. The number of halogens is 1. The van der Waals surface area contributed by atoms with Crippen molar-refractivity contribution in [3.8, 4) is 22.5 Å². The van der Waals surface area contributed by atoms with Gasteiger partial charge in [-0.15, -0.1) is 70.8 Å². The van der Waals surface area contributed by atoms with Gasteiger partial charge in [0.25, 0.3) is 0 Å². The molecule has 279 valence electrons. The number of aryl methyl sites for hydroxylation is 2. The van der Waals surface area contributed by atoms with Gasteiger partial charge in [-0.1, -0.05) is 91.8 Å². The molecule has 0 aliphatic heterocycles. The van der Waals surface area contributed by atoms with E-state index in [1.165, 1.54) is 6.08 Å². The van der Waals surface area contributed by atoms with Crippen molar-refractivity contribution in [2.24, 2.45) is 10.8 Å². The Labute approximate surface area is 329 Å². The van der Waals surface area contributed by atoms with Crippen LogP contribution in [0.25, 0.3) is 44.1 Å². The van der Waals surface area contributed by atoms with Gasteiger partial charge in [0, 0.05) is 54.8 Å². The summed E-state index contributed by atoms with van der Waals surface area (Å²) in [5.74, 6) is 0.0699. The van der Waals surface area contributed by atoms with E-state index in [9.17, 15) is 14.3 Å². The zero-order chi connectivity index (χ0) is 37.9. The molecule has 0 bridgehead atoms. The van der Waals surface area contributed by atoms with Crippen LogP contribution in [-0.2, 0) is 24.9 Å². The Morgan fingerprint density at radius 3 is 1.94 bits per heavy atom. The summed E-state index contributed by atoms with van der Waals surface area (Å²) in [7, 11) is 0. The number of carbonyl (C=O) groups excluding carboxylic acids is 1. The molecular weight excluding hydrogens is 836 g/mol. The average molecular weight is 887 g/mol. The maximum Gasteiger partial charge on any atom is 0.164 e. The largest absolute Gasteiger partial charge is 0.512 e. The fourth-order valence-corrected chi connectivity index (χ4v) is 5.98. The first-order valence-corrected chi connectivity index (χ1v) is 18.2.